The van der Waals surface area contributed by atoms with Gasteiger partial charge in [-0.3, -0.25) is 9.89 Å². The molecule has 5 nitrogen and oxygen atoms in total. The van der Waals surface area contributed by atoms with E-state index in [-0.39, 0.29) is 5.41 Å². The first kappa shape index (κ1) is 17.2. The molecule has 0 saturated carbocycles. The van der Waals surface area contributed by atoms with Gasteiger partial charge in [-0.15, -0.1) is 0 Å². The number of nitrogens with two attached hydrogens (primary N) is 1. The van der Waals surface area contributed by atoms with Crippen molar-refractivity contribution in [3.8, 4) is 0 Å². The molecule has 1 atom stereocenters. The van der Waals surface area contributed by atoms with Crippen molar-refractivity contribution in [1.29, 1.82) is 0 Å². The maximum Gasteiger partial charge on any atom is 0.188 e. The van der Waals surface area contributed by atoms with Crippen molar-refractivity contribution < 1.29 is 4.74 Å². The fraction of sp³-hybridized carbons (Fsp3) is 0.933. The van der Waals surface area contributed by atoms with E-state index < -0.39 is 0 Å². The first-order valence-corrected chi connectivity index (χ1v) is 7.75. The molecule has 118 valence electrons. The lowest BCUT2D eigenvalue weighted by molar-refractivity contribution is 0.155. The SMILES string of the molecule is CCN1CCCC1CNC(N)=NCC(C)(C)CCOC. The van der Waals surface area contributed by atoms with Gasteiger partial charge in [0.05, 0.1) is 0 Å². The summed E-state index contributed by atoms with van der Waals surface area (Å²) < 4.78 is 5.12. The van der Waals surface area contributed by atoms with Crippen LogP contribution in [0.5, 0.6) is 0 Å². The van der Waals surface area contributed by atoms with Gasteiger partial charge in [-0.05, 0) is 37.8 Å². The molecule has 1 rings (SSSR count). The van der Waals surface area contributed by atoms with E-state index in [4.69, 9.17) is 10.5 Å². The minimum absolute atomic E-state index is 0.130. The predicted octanol–water partition coefficient (Wildman–Crippen LogP) is 1.44. The summed E-state index contributed by atoms with van der Waals surface area (Å²) in [4.78, 5) is 6.97. The van der Waals surface area contributed by atoms with Crippen LogP contribution in [0.3, 0.4) is 0 Å². The van der Waals surface area contributed by atoms with Gasteiger partial charge in [0.2, 0.25) is 0 Å². The van der Waals surface area contributed by atoms with Crippen molar-refractivity contribution in [2.75, 3.05) is 39.9 Å². The summed E-state index contributed by atoms with van der Waals surface area (Å²) in [6.45, 7) is 11.3. The van der Waals surface area contributed by atoms with Gasteiger partial charge >= 0.3 is 0 Å². The summed E-state index contributed by atoms with van der Waals surface area (Å²) >= 11 is 0. The molecule has 0 aromatic rings. The second-order valence-electron chi connectivity index (χ2n) is 6.41. The quantitative estimate of drug-likeness (QED) is 0.523. The first-order chi connectivity index (χ1) is 9.48. The third-order valence-electron chi connectivity index (χ3n) is 4.08. The first-order valence-electron chi connectivity index (χ1n) is 7.75. The number of nitrogens with zero attached hydrogens (tertiary/aromatic N) is 2. The molecule has 1 unspecified atom stereocenters. The highest BCUT2D eigenvalue weighted by molar-refractivity contribution is 5.77. The molecule has 5 heteroatoms. The van der Waals surface area contributed by atoms with Crippen molar-refractivity contribution in [3.63, 3.8) is 0 Å². The number of likely N-dealkylation sites (N-methyl/N-ethyl adjacent to an activating group) is 1. The Morgan fingerprint density at radius 1 is 1.50 bits per heavy atom. The molecule has 0 radical (unpaired) electrons. The average Bonchev–Trinajstić information content (AvgIpc) is 2.88. The third kappa shape index (κ3) is 6.09. The molecule has 0 amide bonds. The minimum atomic E-state index is 0.130. The lowest BCUT2D eigenvalue weighted by Gasteiger charge is -2.24. The van der Waals surface area contributed by atoms with E-state index in [0.29, 0.717) is 12.0 Å². The summed E-state index contributed by atoms with van der Waals surface area (Å²) in [5, 5.41) is 3.27. The summed E-state index contributed by atoms with van der Waals surface area (Å²) in [7, 11) is 1.73. The van der Waals surface area contributed by atoms with E-state index in [1.807, 2.05) is 0 Å². The average molecular weight is 284 g/mol. The highest BCUT2D eigenvalue weighted by Crippen LogP contribution is 2.20. The largest absolute Gasteiger partial charge is 0.385 e. The number of likely N-dealkylation sites (tertiary alicyclic amines) is 1. The minimum Gasteiger partial charge on any atom is -0.385 e. The number of hydrogen-bond acceptors (Lipinski definition) is 3. The zero-order chi connectivity index (χ0) is 15.0. The Balaban J connectivity index is 2.31. The molecule has 0 aromatic heterocycles. The number of ether oxygens (including phenoxy) is 1. The molecule has 0 aromatic carbocycles. The van der Waals surface area contributed by atoms with Gasteiger partial charge in [-0.2, -0.15) is 0 Å². The van der Waals surface area contributed by atoms with Crippen LogP contribution in [0.15, 0.2) is 4.99 Å². The normalized spacial score (nSPS) is 21.4. The Labute approximate surface area is 124 Å². The Morgan fingerprint density at radius 3 is 2.90 bits per heavy atom. The van der Waals surface area contributed by atoms with E-state index in [9.17, 15) is 0 Å². The fourth-order valence-corrected chi connectivity index (χ4v) is 2.58. The van der Waals surface area contributed by atoms with Crippen LogP contribution in [0.1, 0.15) is 40.0 Å². The van der Waals surface area contributed by atoms with E-state index >= 15 is 0 Å². The third-order valence-corrected chi connectivity index (χ3v) is 4.08. The van der Waals surface area contributed by atoms with Gasteiger partial charge < -0.3 is 15.8 Å². The maximum atomic E-state index is 5.96. The van der Waals surface area contributed by atoms with Crippen molar-refractivity contribution in [2.45, 2.75) is 46.1 Å². The monoisotopic (exact) mass is 284 g/mol. The smallest absolute Gasteiger partial charge is 0.188 e. The van der Waals surface area contributed by atoms with Crippen molar-refractivity contribution in [3.05, 3.63) is 0 Å². The molecule has 0 bridgehead atoms. The molecular formula is C15H32N4O. The molecule has 1 aliphatic rings. The van der Waals surface area contributed by atoms with E-state index in [1.54, 1.807) is 7.11 Å². The van der Waals surface area contributed by atoms with Crippen LogP contribution >= 0.6 is 0 Å². The number of nitrogens with one attached hydrogen (secondary N) is 1. The van der Waals surface area contributed by atoms with Crippen molar-refractivity contribution in [2.24, 2.45) is 16.1 Å². The van der Waals surface area contributed by atoms with Crippen LogP contribution in [0.25, 0.3) is 0 Å². The number of rotatable bonds is 8. The second kappa shape index (κ2) is 8.47. The number of methoxy groups -OCH3 is 1. The molecule has 0 aliphatic carbocycles. The molecule has 1 heterocycles. The Morgan fingerprint density at radius 2 is 2.25 bits per heavy atom. The summed E-state index contributed by atoms with van der Waals surface area (Å²) in [5.74, 6) is 0.568. The van der Waals surface area contributed by atoms with Gasteiger partial charge in [0.15, 0.2) is 5.96 Å². The highest BCUT2D eigenvalue weighted by Gasteiger charge is 2.22. The van der Waals surface area contributed by atoms with Crippen LogP contribution in [0.2, 0.25) is 0 Å². The Kier molecular flexibility index (Phi) is 7.30. The zero-order valence-corrected chi connectivity index (χ0v) is 13.6. The lowest BCUT2D eigenvalue weighted by Crippen LogP contribution is -2.43. The highest BCUT2D eigenvalue weighted by atomic mass is 16.5. The summed E-state index contributed by atoms with van der Waals surface area (Å²) in [6.07, 6.45) is 3.54. The van der Waals surface area contributed by atoms with Gasteiger partial charge in [0, 0.05) is 32.8 Å². The van der Waals surface area contributed by atoms with E-state index in [2.05, 4.69) is 36.0 Å². The molecule has 1 saturated heterocycles. The van der Waals surface area contributed by atoms with Crippen LogP contribution in [-0.2, 0) is 4.74 Å². The summed E-state index contributed by atoms with van der Waals surface area (Å²) in [5.41, 5.74) is 6.09. The molecule has 0 spiro atoms. The van der Waals surface area contributed by atoms with Gasteiger partial charge in [0.1, 0.15) is 0 Å². The molecule has 3 N–H and O–H groups in total. The molecular weight excluding hydrogens is 252 g/mol. The van der Waals surface area contributed by atoms with Crippen LogP contribution in [0, 0.1) is 5.41 Å². The maximum absolute atomic E-state index is 5.96. The number of hydrogen-bond donors (Lipinski definition) is 2. The number of aliphatic imine (C=N–C) groups is 1. The van der Waals surface area contributed by atoms with Crippen molar-refractivity contribution in [1.82, 2.24) is 10.2 Å². The van der Waals surface area contributed by atoms with Crippen LogP contribution in [-0.4, -0.2) is 56.8 Å². The van der Waals surface area contributed by atoms with E-state index in [0.717, 1.165) is 32.7 Å². The lowest BCUT2D eigenvalue weighted by atomic mass is 9.90. The van der Waals surface area contributed by atoms with Crippen LogP contribution in [0.4, 0.5) is 0 Å². The standard InChI is InChI=1S/C15H32N4O/c1-5-19-9-6-7-13(19)11-17-14(16)18-12-15(2,3)8-10-20-4/h13H,5-12H2,1-4H3,(H3,16,17,18). The second-order valence-corrected chi connectivity index (χ2v) is 6.41. The van der Waals surface area contributed by atoms with Crippen molar-refractivity contribution >= 4 is 5.96 Å². The zero-order valence-electron chi connectivity index (χ0n) is 13.6. The Bertz CT molecular complexity index is 304. The van der Waals surface area contributed by atoms with E-state index in [1.165, 1.54) is 19.4 Å². The molecule has 1 fully saturated rings. The van der Waals surface area contributed by atoms with Crippen LogP contribution < -0.4 is 11.1 Å². The Hall–Kier alpha value is -0.810. The van der Waals surface area contributed by atoms with Gasteiger partial charge in [-0.1, -0.05) is 20.8 Å². The number of guanidine groups is 1. The summed E-state index contributed by atoms with van der Waals surface area (Å²) in [6, 6.07) is 0.607. The van der Waals surface area contributed by atoms with Gasteiger partial charge in [0.25, 0.3) is 0 Å². The molecule has 1 aliphatic heterocycles. The predicted molar refractivity (Wildman–Crippen MR) is 85.0 cm³/mol. The topological polar surface area (TPSA) is 62.9 Å². The molecule has 20 heavy (non-hydrogen) atoms. The van der Waals surface area contributed by atoms with Gasteiger partial charge in [-0.25, -0.2) is 0 Å². The fourth-order valence-electron chi connectivity index (χ4n) is 2.58.